The Balaban J connectivity index is 1.55. The zero-order valence-electron chi connectivity index (χ0n) is 15.0. The van der Waals surface area contributed by atoms with Gasteiger partial charge in [0.2, 0.25) is 5.91 Å². The Labute approximate surface area is 166 Å². The van der Waals surface area contributed by atoms with Gasteiger partial charge in [-0.15, -0.1) is 22.7 Å². The van der Waals surface area contributed by atoms with E-state index in [9.17, 15) is 9.59 Å². The van der Waals surface area contributed by atoms with E-state index in [-0.39, 0.29) is 17.7 Å². The van der Waals surface area contributed by atoms with Crippen molar-refractivity contribution < 1.29 is 9.59 Å². The highest BCUT2D eigenvalue weighted by molar-refractivity contribution is 7.10. The van der Waals surface area contributed by atoms with Gasteiger partial charge in [-0.05, 0) is 53.9 Å². The Morgan fingerprint density at radius 3 is 2.74 bits per heavy atom. The summed E-state index contributed by atoms with van der Waals surface area (Å²) in [7, 11) is 0. The Morgan fingerprint density at radius 2 is 1.96 bits per heavy atom. The van der Waals surface area contributed by atoms with Crippen LogP contribution >= 0.6 is 22.7 Å². The summed E-state index contributed by atoms with van der Waals surface area (Å²) in [6, 6.07) is 13.6. The number of fused-ring (bicyclic) bond motifs is 1. The maximum Gasteiger partial charge on any atom is 0.238 e. The number of nitrogens with zero attached hydrogens (tertiary/aromatic N) is 1. The van der Waals surface area contributed by atoms with Gasteiger partial charge in [0.05, 0.1) is 18.3 Å². The molecule has 3 aromatic rings. The van der Waals surface area contributed by atoms with E-state index >= 15 is 0 Å². The maximum absolute atomic E-state index is 12.8. The molecule has 1 aliphatic heterocycles. The highest BCUT2D eigenvalue weighted by Crippen LogP contribution is 2.39. The lowest BCUT2D eigenvalue weighted by atomic mass is 9.98. The zero-order valence-corrected chi connectivity index (χ0v) is 16.6. The van der Waals surface area contributed by atoms with Crippen LogP contribution in [-0.2, 0) is 11.2 Å². The fourth-order valence-electron chi connectivity index (χ4n) is 3.59. The molecule has 4 rings (SSSR count). The molecule has 4 nitrogen and oxygen atoms in total. The second kappa shape index (κ2) is 7.76. The highest BCUT2D eigenvalue weighted by atomic mass is 32.1. The fourth-order valence-corrected chi connectivity index (χ4v) is 5.37. The average Bonchev–Trinajstić information content (AvgIpc) is 3.33. The van der Waals surface area contributed by atoms with Crippen LogP contribution in [0.5, 0.6) is 0 Å². The van der Waals surface area contributed by atoms with E-state index in [1.165, 1.54) is 22.2 Å². The lowest BCUT2D eigenvalue weighted by Gasteiger charge is -2.34. The summed E-state index contributed by atoms with van der Waals surface area (Å²) in [5.41, 5.74) is 2.43. The van der Waals surface area contributed by atoms with Crippen LogP contribution in [0.4, 0.5) is 5.69 Å². The number of amides is 1. The smallest absolute Gasteiger partial charge is 0.238 e. The SMILES string of the molecule is CC(=O)c1ccccc1NC(=O)CN1CCc2sccc2C1c1cccs1. The molecule has 0 aliphatic carbocycles. The molecule has 0 saturated carbocycles. The van der Waals surface area contributed by atoms with Crippen LogP contribution in [0.15, 0.2) is 53.2 Å². The topological polar surface area (TPSA) is 49.4 Å². The van der Waals surface area contributed by atoms with Crippen molar-refractivity contribution in [1.82, 2.24) is 4.90 Å². The van der Waals surface area contributed by atoms with Crippen LogP contribution < -0.4 is 5.32 Å². The van der Waals surface area contributed by atoms with E-state index in [1.807, 2.05) is 12.1 Å². The van der Waals surface area contributed by atoms with E-state index < -0.39 is 0 Å². The Kier molecular flexibility index (Phi) is 5.20. The first-order chi connectivity index (χ1) is 13.1. The van der Waals surface area contributed by atoms with Gasteiger partial charge < -0.3 is 5.32 Å². The van der Waals surface area contributed by atoms with Crippen LogP contribution in [0.2, 0.25) is 0 Å². The number of thiophene rings is 2. The number of carbonyl (C=O) groups is 2. The summed E-state index contributed by atoms with van der Waals surface area (Å²) in [5.74, 6) is -0.146. The molecule has 0 spiro atoms. The Bertz CT molecular complexity index is 962. The van der Waals surface area contributed by atoms with Gasteiger partial charge in [-0.1, -0.05) is 18.2 Å². The standard InChI is InChI=1S/C21H20N2O2S2/c1-14(24)15-5-2-3-6-17(15)22-20(25)13-23-10-8-18-16(9-12-27-18)21(23)19-7-4-11-26-19/h2-7,9,11-12,21H,8,10,13H2,1H3,(H,22,25). The first kappa shape index (κ1) is 18.1. The van der Waals surface area contributed by atoms with Gasteiger partial charge in [-0.25, -0.2) is 0 Å². The molecule has 0 radical (unpaired) electrons. The first-order valence-electron chi connectivity index (χ1n) is 8.87. The van der Waals surface area contributed by atoms with E-state index in [1.54, 1.807) is 34.8 Å². The second-order valence-electron chi connectivity index (χ2n) is 6.59. The Hall–Kier alpha value is -2.28. The summed E-state index contributed by atoms with van der Waals surface area (Å²) in [4.78, 5) is 29.5. The largest absolute Gasteiger partial charge is 0.324 e. The minimum Gasteiger partial charge on any atom is -0.324 e. The van der Waals surface area contributed by atoms with Gasteiger partial charge in [0, 0.05) is 21.9 Å². The molecule has 1 atom stereocenters. The molecular weight excluding hydrogens is 376 g/mol. The van der Waals surface area contributed by atoms with Crippen molar-refractivity contribution in [3.63, 3.8) is 0 Å². The van der Waals surface area contributed by atoms with Gasteiger partial charge in [0.25, 0.3) is 0 Å². The van der Waals surface area contributed by atoms with Crippen molar-refractivity contribution in [1.29, 1.82) is 0 Å². The molecule has 0 bridgehead atoms. The molecular formula is C21H20N2O2S2. The van der Waals surface area contributed by atoms with E-state index in [0.29, 0.717) is 17.8 Å². The van der Waals surface area contributed by atoms with Crippen LogP contribution in [0, 0.1) is 0 Å². The molecule has 27 heavy (non-hydrogen) atoms. The summed E-state index contributed by atoms with van der Waals surface area (Å²) < 4.78 is 0. The number of Topliss-reactive ketones (excluding diaryl/α,β-unsaturated/α-hetero) is 1. The Morgan fingerprint density at radius 1 is 1.11 bits per heavy atom. The number of carbonyl (C=O) groups excluding carboxylic acids is 2. The van der Waals surface area contributed by atoms with Gasteiger partial charge in [-0.2, -0.15) is 0 Å². The number of benzene rings is 1. The molecule has 1 aromatic carbocycles. The van der Waals surface area contributed by atoms with Gasteiger partial charge in [-0.3, -0.25) is 14.5 Å². The van der Waals surface area contributed by atoms with Crippen molar-refractivity contribution in [2.75, 3.05) is 18.4 Å². The number of nitrogens with one attached hydrogen (secondary N) is 1. The predicted octanol–water partition coefficient (Wildman–Crippen LogP) is 4.60. The lowest BCUT2D eigenvalue weighted by Crippen LogP contribution is -2.40. The summed E-state index contributed by atoms with van der Waals surface area (Å²) in [5, 5.41) is 7.14. The predicted molar refractivity (Wildman–Crippen MR) is 111 cm³/mol. The number of para-hydroxylation sites is 1. The minimum absolute atomic E-state index is 0.0525. The summed E-state index contributed by atoms with van der Waals surface area (Å²) >= 11 is 3.52. The van der Waals surface area contributed by atoms with E-state index in [4.69, 9.17) is 0 Å². The number of hydrogen-bond donors (Lipinski definition) is 1. The minimum atomic E-state index is -0.0936. The van der Waals surface area contributed by atoms with Crippen molar-refractivity contribution in [3.8, 4) is 0 Å². The summed E-state index contributed by atoms with van der Waals surface area (Å²) in [6.07, 6.45) is 0.964. The van der Waals surface area contributed by atoms with Gasteiger partial charge >= 0.3 is 0 Å². The molecule has 1 unspecified atom stereocenters. The third-order valence-electron chi connectivity index (χ3n) is 4.81. The zero-order chi connectivity index (χ0) is 18.8. The van der Waals surface area contributed by atoms with E-state index in [2.05, 4.69) is 39.2 Å². The lowest BCUT2D eigenvalue weighted by molar-refractivity contribution is -0.117. The third kappa shape index (κ3) is 3.74. The first-order valence-corrected chi connectivity index (χ1v) is 10.6. The van der Waals surface area contributed by atoms with Crippen LogP contribution in [0.25, 0.3) is 0 Å². The molecule has 1 aliphatic rings. The molecule has 0 saturated heterocycles. The van der Waals surface area contributed by atoms with Crippen LogP contribution in [0.3, 0.4) is 0 Å². The molecule has 1 amide bonds. The maximum atomic E-state index is 12.8. The summed E-state index contributed by atoms with van der Waals surface area (Å²) in [6.45, 7) is 2.66. The number of rotatable bonds is 5. The van der Waals surface area contributed by atoms with Crippen LogP contribution in [0.1, 0.15) is 38.6 Å². The molecule has 1 N–H and O–H groups in total. The normalized spacial score (nSPS) is 16.7. The molecule has 2 aromatic heterocycles. The number of ketones is 1. The molecule has 6 heteroatoms. The van der Waals surface area contributed by atoms with Crippen molar-refractivity contribution in [2.45, 2.75) is 19.4 Å². The van der Waals surface area contributed by atoms with E-state index in [0.717, 1.165) is 13.0 Å². The third-order valence-corrected chi connectivity index (χ3v) is 6.73. The fraction of sp³-hybridized carbons (Fsp3) is 0.238. The second-order valence-corrected chi connectivity index (χ2v) is 8.57. The van der Waals surface area contributed by atoms with Crippen molar-refractivity contribution in [3.05, 3.63) is 74.1 Å². The van der Waals surface area contributed by atoms with Crippen molar-refractivity contribution >= 4 is 40.1 Å². The van der Waals surface area contributed by atoms with Crippen LogP contribution in [-0.4, -0.2) is 29.7 Å². The van der Waals surface area contributed by atoms with Gasteiger partial charge in [0.15, 0.2) is 5.78 Å². The highest BCUT2D eigenvalue weighted by Gasteiger charge is 2.31. The quantitative estimate of drug-likeness (QED) is 0.641. The molecule has 3 heterocycles. The number of anilines is 1. The average molecular weight is 397 g/mol. The molecule has 138 valence electrons. The monoisotopic (exact) mass is 396 g/mol. The number of hydrogen-bond acceptors (Lipinski definition) is 5. The van der Waals surface area contributed by atoms with Gasteiger partial charge in [0.1, 0.15) is 0 Å². The van der Waals surface area contributed by atoms with Crippen molar-refractivity contribution in [2.24, 2.45) is 0 Å². The molecule has 0 fully saturated rings.